The van der Waals surface area contributed by atoms with Crippen molar-refractivity contribution >= 4 is 6.09 Å². The number of likely N-dealkylation sites (tertiary alicyclic amines) is 1. The number of nitrogens with zero attached hydrogens (tertiary/aromatic N) is 2. The van der Waals surface area contributed by atoms with Gasteiger partial charge in [0, 0.05) is 25.7 Å². The van der Waals surface area contributed by atoms with Gasteiger partial charge in [-0.3, -0.25) is 0 Å². The molecule has 1 amide bonds. The summed E-state index contributed by atoms with van der Waals surface area (Å²) in [5.74, 6) is 0. The standard InChI is InChI=1S/C18H37N3O2/c1-6-11-20-13-8-16(9-14-20)19-10-15-21(12-7-2)17(22)23-18(3,4)5/h16,19H,6-15H2,1-5H3. The molecule has 5 nitrogen and oxygen atoms in total. The van der Waals surface area contributed by atoms with Gasteiger partial charge in [-0.05, 0) is 66.1 Å². The summed E-state index contributed by atoms with van der Waals surface area (Å²) in [5.41, 5.74) is -0.428. The molecule has 0 aromatic carbocycles. The first kappa shape index (κ1) is 20.2. The van der Waals surface area contributed by atoms with Crippen LogP contribution in [0.2, 0.25) is 0 Å². The average molecular weight is 328 g/mol. The zero-order valence-corrected chi connectivity index (χ0v) is 15.9. The van der Waals surface area contributed by atoms with E-state index >= 15 is 0 Å². The summed E-state index contributed by atoms with van der Waals surface area (Å²) in [5, 5.41) is 3.61. The van der Waals surface area contributed by atoms with Crippen molar-refractivity contribution in [1.29, 1.82) is 0 Å². The van der Waals surface area contributed by atoms with Crippen molar-refractivity contribution < 1.29 is 9.53 Å². The smallest absolute Gasteiger partial charge is 0.410 e. The van der Waals surface area contributed by atoms with Crippen LogP contribution in [-0.2, 0) is 4.74 Å². The van der Waals surface area contributed by atoms with Crippen molar-refractivity contribution in [2.24, 2.45) is 0 Å². The molecule has 0 bridgehead atoms. The first-order valence-corrected chi connectivity index (χ1v) is 9.29. The normalized spacial score (nSPS) is 17.3. The van der Waals surface area contributed by atoms with Gasteiger partial charge in [-0.25, -0.2) is 4.79 Å². The first-order chi connectivity index (χ1) is 10.9. The first-order valence-electron chi connectivity index (χ1n) is 9.29. The van der Waals surface area contributed by atoms with Crippen LogP contribution in [0.3, 0.4) is 0 Å². The molecule has 0 saturated carbocycles. The molecule has 1 N–H and O–H groups in total. The van der Waals surface area contributed by atoms with Crippen LogP contribution in [0, 0.1) is 0 Å². The van der Waals surface area contributed by atoms with E-state index in [9.17, 15) is 4.79 Å². The van der Waals surface area contributed by atoms with E-state index in [4.69, 9.17) is 4.74 Å². The molecule has 0 aromatic heterocycles. The lowest BCUT2D eigenvalue weighted by Crippen LogP contribution is -2.46. The maximum absolute atomic E-state index is 12.2. The fourth-order valence-electron chi connectivity index (χ4n) is 2.97. The monoisotopic (exact) mass is 327 g/mol. The molecule has 1 fully saturated rings. The predicted octanol–water partition coefficient (Wildman–Crippen LogP) is 3.10. The summed E-state index contributed by atoms with van der Waals surface area (Å²) in [6.07, 6.45) is 4.41. The SMILES string of the molecule is CCCN1CCC(NCCN(CCC)C(=O)OC(C)(C)C)CC1. The molecule has 1 heterocycles. The summed E-state index contributed by atoms with van der Waals surface area (Å²) < 4.78 is 5.49. The summed E-state index contributed by atoms with van der Waals surface area (Å²) in [6, 6.07) is 0.588. The third-order valence-corrected chi connectivity index (χ3v) is 4.09. The number of carbonyl (C=O) groups excluding carboxylic acids is 1. The molecule has 136 valence electrons. The highest BCUT2D eigenvalue weighted by Crippen LogP contribution is 2.12. The van der Waals surface area contributed by atoms with Gasteiger partial charge in [0.05, 0.1) is 0 Å². The van der Waals surface area contributed by atoms with Crippen LogP contribution in [-0.4, -0.2) is 66.8 Å². The third-order valence-electron chi connectivity index (χ3n) is 4.09. The number of piperidine rings is 1. The molecule has 1 saturated heterocycles. The van der Waals surface area contributed by atoms with Gasteiger partial charge in [0.1, 0.15) is 5.60 Å². The lowest BCUT2D eigenvalue weighted by Gasteiger charge is -2.33. The Morgan fingerprint density at radius 2 is 1.83 bits per heavy atom. The number of carbonyl (C=O) groups is 1. The van der Waals surface area contributed by atoms with E-state index in [0.29, 0.717) is 6.04 Å². The minimum absolute atomic E-state index is 0.195. The van der Waals surface area contributed by atoms with Crippen molar-refractivity contribution in [2.75, 3.05) is 39.3 Å². The molecule has 5 heteroatoms. The molecule has 0 atom stereocenters. The molecule has 0 aromatic rings. The highest BCUT2D eigenvalue weighted by molar-refractivity contribution is 5.68. The molecular weight excluding hydrogens is 290 g/mol. The summed E-state index contributed by atoms with van der Waals surface area (Å²) in [7, 11) is 0. The Morgan fingerprint density at radius 1 is 1.17 bits per heavy atom. The van der Waals surface area contributed by atoms with Crippen molar-refractivity contribution in [3.8, 4) is 0 Å². The van der Waals surface area contributed by atoms with Crippen LogP contribution in [0.1, 0.15) is 60.3 Å². The molecule has 23 heavy (non-hydrogen) atoms. The van der Waals surface area contributed by atoms with Gasteiger partial charge in [0.15, 0.2) is 0 Å². The van der Waals surface area contributed by atoms with Crippen LogP contribution < -0.4 is 5.32 Å². The van der Waals surface area contributed by atoms with Crippen molar-refractivity contribution in [3.05, 3.63) is 0 Å². The van der Waals surface area contributed by atoms with E-state index in [-0.39, 0.29) is 6.09 Å². The lowest BCUT2D eigenvalue weighted by molar-refractivity contribution is 0.0249. The predicted molar refractivity (Wildman–Crippen MR) is 95.9 cm³/mol. The zero-order chi connectivity index (χ0) is 17.3. The van der Waals surface area contributed by atoms with Gasteiger partial charge in [-0.2, -0.15) is 0 Å². The second kappa shape index (κ2) is 10.1. The number of hydrogen-bond donors (Lipinski definition) is 1. The van der Waals surface area contributed by atoms with Crippen LogP contribution in [0.5, 0.6) is 0 Å². The quantitative estimate of drug-likeness (QED) is 0.744. The summed E-state index contributed by atoms with van der Waals surface area (Å²) >= 11 is 0. The van der Waals surface area contributed by atoms with Gasteiger partial charge >= 0.3 is 6.09 Å². The fourth-order valence-corrected chi connectivity index (χ4v) is 2.97. The lowest BCUT2D eigenvalue weighted by atomic mass is 10.0. The largest absolute Gasteiger partial charge is 0.444 e. The Hall–Kier alpha value is -0.810. The Kier molecular flexibility index (Phi) is 8.92. The molecule has 0 spiro atoms. The zero-order valence-electron chi connectivity index (χ0n) is 15.9. The van der Waals surface area contributed by atoms with Gasteiger partial charge < -0.3 is 19.9 Å². The molecule has 0 unspecified atom stereocenters. The molecular formula is C18H37N3O2. The maximum atomic E-state index is 12.2. The fraction of sp³-hybridized carbons (Fsp3) is 0.944. The van der Waals surface area contributed by atoms with Crippen molar-refractivity contribution in [2.45, 2.75) is 71.9 Å². The van der Waals surface area contributed by atoms with E-state index in [1.54, 1.807) is 0 Å². The van der Waals surface area contributed by atoms with Crippen LogP contribution in [0.15, 0.2) is 0 Å². The Bertz CT molecular complexity index is 334. The van der Waals surface area contributed by atoms with Crippen LogP contribution >= 0.6 is 0 Å². The number of nitrogens with one attached hydrogen (secondary N) is 1. The van der Waals surface area contributed by atoms with Crippen LogP contribution in [0.25, 0.3) is 0 Å². The second-order valence-corrected chi connectivity index (χ2v) is 7.54. The number of amides is 1. The topological polar surface area (TPSA) is 44.8 Å². The van der Waals surface area contributed by atoms with Crippen molar-refractivity contribution in [3.63, 3.8) is 0 Å². The number of hydrogen-bond acceptors (Lipinski definition) is 4. The molecule has 1 rings (SSSR count). The van der Waals surface area contributed by atoms with E-state index in [1.807, 2.05) is 25.7 Å². The van der Waals surface area contributed by atoms with Gasteiger partial charge in [0.2, 0.25) is 0 Å². The van der Waals surface area contributed by atoms with Gasteiger partial charge in [-0.15, -0.1) is 0 Å². The minimum Gasteiger partial charge on any atom is -0.444 e. The number of rotatable bonds is 8. The highest BCUT2D eigenvalue weighted by Gasteiger charge is 2.22. The van der Waals surface area contributed by atoms with E-state index in [1.165, 1.54) is 38.9 Å². The number of ether oxygens (including phenoxy) is 1. The highest BCUT2D eigenvalue weighted by atomic mass is 16.6. The van der Waals surface area contributed by atoms with Gasteiger partial charge in [-0.1, -0.05) is 13.8 Å². The van der Waals surface area contributed by atoms with E-state index < -0.39 is 5.60 Å². The van der Waals surface area contributed by atoms with Crippen LogP contribution in [0.4, 0.5) is 4.79 Å². The summed E-state index contributed by atoms with van der Waals surface area (Å²) in [6.45, 7) is 16.0. The Balaban J connectivity index is 2.29. The van der Waals surface area contributed by atoms with Crippen molar-refractivity contribution in [1.82, 2.24) is 15.1 Å². The van der Waals surface area contributed by atoms with E-state index in [2.05, 4.69) is 24.1 Å². The third kappa shape index (κ3) is 8.56. The molecule has 1 aliphatic rings. The average Bonchev–Trinajstić information content (AvgIpc) is 2.46. The Morgan fingerprint density at radius 3 is 2.35 bits per heavy atom. The molecule has 0 aliphatic carbocycles. The second-order valence-electron chi connectivity index (χ2n) is 7.54. The summed E-state index contributed by atoms with van der Waals surface area (Å²) in [4.78, 5) is 16.6. The maximum Gasteiger partial charge on any atom is 0.410 e. The van der Waals surface area contributed by atoms with E-state index in [0.717, 1.165) is 26.1 Å². The molecule has 0 radical (unpaired) electrons. The molecule has 1 aliphatic heterocycles. The van der Waals surface area contributed by atoms with Gasteiger partial charge in [0.25, 0.3) is 0 Å². The Labute approximate surface area is 142 Å². The minimum atomic E-state index is -0.428.